The molecule has 3 heteroatoms. The molecule has 26 heavy (non-hydrogen) atoms. The Hall–Kier alpha value is -3.33. The van der Waals surface area contributed by atoms with Crippen LogP contribution in [-0.2, 0) is 0 Å². The van der Waals surface area contributed by atoms with E-state index in [-0.39, 0.29) is 12.1 Å². The van der Waals surface area contributed by atoms with Crippen LogP contribution in [0.4, 0.5) is 10.5 Å². The zero-order valence-electron chi connectivity index (χ0n) is 14.6. The molecule has 1 unspecified atom stereocenters. The Morgan fingerprint density at radius 2 is 1.31 bits per heavy atom. The van der Waals surface area contributed by atoms with E-state index < -0.39 is 0 Å². The van der Waals surface area contributed by atoms with Crippen molar-refractivity contribution in [2.45, 2.75) is 13.0 Å². The molecule has 128 valence electrons. The summed E-state index contributed by atoms with van der Waals surface area (Å²) in [6, 6.07) is 28.0. The smallest absolute Gasteiger partial charge is 0.319 e. The lowest BCUT2D eigenvalue weighted by Crippen LogP contribution is -2.31. The van der Waals surface area contributed by atoms with Gasteiger partial charge in [0, 0.05) is 5.39 Å². The molecule has 0 saturated heterocycles. The van der Waals surface area contributed by atoms with Crippen LogP contribution >= 0.6 is 0 Å². The normalized spacial score (nSPS) is 12.0. The van der Waals surface area contributed by atoms with E-state index in [9.17, 15) is 4.79 Å². The molecule has 3 nitrogen and oxygen atoms in total. The van der Waals surface area contributed by atoms with E-state index >= 15 is 0 Å². The predicted molar refractivity (Wildman–Crippen MR) is 108 cm³/mol. The highest BCUT2D eigenvalue weighted by atomic mass is 16.2. The number of hydrogen-bond acceptors (Lipinski definition) is 1. The van der Waals surface area contributed by atoms with Gasteiger partial charge in [0.1, 0.15) is 0 Å². The second-order valence-electron chi connectivity index (χ2n) is 6.42. The highest BCUT2D eigenvalue weighted by Crippen LogP contribution is 2.25. The van der Waals surface area contributed by atoms with E-state index in [1.807, 2.05) is 67.6 Å². The summed E-state index contributed by atoms with van der Waals surface area (Å²) in [6.45, 7) is 2.00. The number of carbonyl (C=O) groups is 1. The number of anilines is 1. The molecule has 4 aromatic carbocycles. The number of rotatable bonds is 3. The van der Waals surface area contributed by atoms with E-state index in [4.69, 9.17) is 0 Å². The summed E-state index contributed by atoms with van der Waals surface area (Å²) in [7, 11) is 0. The quantitative estimate of drug-likeness (QED) is 0.481. The molecule has 0 aliphatic rings. The van der Waals surface area contributed by atoms with Gasteiger partial charge in [-0.15, -0.1) is 0 Å². The molecule has 0 radical (unpaired) electrons. The number of carbonyl (C=O) groups excluding carboxylic acids is 1. The Kier molecular flexibility index (Phi) is 4.28. The Labute approximate surface area is 152 Å². The first-order valence-electron chi connectivity index (χ1n) is 8.75. The summed E-state index contributed by atoms with van der Waals surface area (Å²) in [5.41, 5.74) is 1.92. The van der Waals surface area contributed by atoms with Gasteiger partial charge in [-0.25, -0.2) is 4.79 Å². The Morgan fingerprint density at radius 3 is 2.08 bits per heavy atom. The van der Waals surface area contributed by atoms with Crippen molar-refractivity contribution in [3.8, 4) is 0 Å². The minimum Gasteiger partial charge on any atom is -0.331 e. The summed E-state index contributed by atoms with van der Waals surface area (Å²) in [5, 5.41) is 10.5. The van der Waals surface area contributed by atoms with Gasteiger partial charge in [-0.05, 0) is 34.7 Å². The van der Waals surface area contributed by atoms with Crippen molar-refractivity contribution in [1.29, 1.82) is 0 Å². The number of nitrogens with one attached hydrogen (secondary N) is 2. The van der Waals surface area contributed by atoms with Gasteiger partial charge in [0.05, 0.1) is 11.7 Å². The second-order valence-corrected chi connectivity index (χ2v) is 6.42. The number of amides is 2. The van der Waals surface area contributed by atoms with Crippen LogP contribution < -0.4 is 10.6 Å². The first-order chi connectivity index (χ1) is 12.7. The predicted octanol–water partition coefficient (Wildman–Crippen LogP) is 5.88. The molecule has 0 aliphatic heterocycles. The monoisotopic (exact) mass is 340 g/mol. The largest absolute Gasteiger partial charge is 0.331 e. The van der Waals surface area contributed by atoms with E-state index in [1.165, 1.54) is 5.39 Å². The van der Waals surface area contributed by atoms with Crippen LogP contribution in [0.1, 0.15) is 18.5 Å². The number of hydrogen-bond donors (Lipinski definition) is 2. The van der Waals surface area contributed by atoms with Crippen LogP contribution in [-0.4, -0.2) is 6.03 Å². The first-order valence-corrected chi connectivity index (χ1v) is 8.75. The highest BCUT2D eigenvalue weighted by molar-refractivity contribution is 6.01. The van der Waals surface area contributed by atoms with Crippen LogP contribution in [0.2, 0.25) is 0 Å². The average molecular weight is 340 g/mol. The summed E-state index contributed by atoms with van der Waals surface area (Å²) in [6.07, 6.45) is 0. The summed E-state index contributed by atoms with van der Waals surface area (Å²) in [4.78, 5) is 12.6. The van der Waals surface area contributed by atoms with Gasteiger partial charge in [0.2, 0.25) is 0 Å². The van der Waals surface area contributed by atoms with Gasteiger partial charge < -0.3 is 10.6 Å². The van der Waals surface area contributed by atoms with Crippen molar-refractivity contribution in [2.75, 3.05) is 5.32 Å². The van der Waals surface area contributed by atoms with Crippen molar-refractivity contribution in [1.82, 2.24) is 5.32 Å². The first kappa shape index (κ1) is 16.2. The van der Waals surface area contributed by atoms with Crippen LogP contribution in [0.3, 0.4) is 0 Å². The van der Waals surface area contributed by atoms with Gasteiger partial charge in [-0.1, -0.05) is 78.9 Å². The maximum absolute atomic E-state index is 12.6. The molecular weight excluding hydrogens is 320 g/mol. The molecule has 0 saturated carbocycles. The zero-order chi connectivity index (χ0) is 17.9. The summed E-state index contributed by atoms with van der Waals surface area (Å²) in [5.74, 6) is 0. The van der Waals surface area contributed by atoms with Crippen LogP contribution in [0.25, 0.3) is 21.5 Å². The van der Waals surface area contributed by atoms with E-state index in [2.05, 4.69) is 34.9 Å². The molecule has 1 atom stereocenters. The molecule has 0 heterocycles. The zero-order valence-corrected chi connectivity index (χ0v) is 14.6. The SMILES string of the molecule is CC(NC(=O)Nc1cccc2ccccc12)c1cccc2ccccc12. The fourth-order valence-electron chi connectivity index (χ4n) is 3.40. The minimum absolute atomic E-state index is 0.101. The Morgan fingerprint density at radius 1 is 0.731 bits per heavy atom. The van der Waals surface area contributed by atoms with Crippen LogP contribution in [0.15, 0.2) is 84.9 Å². The number of benzene rings is 4. The van der Waals surface area contributed by atoms with Gasteiger partial charge >= 0.3 is 6.03 Å². The molecule has 0 aliphatic carbocycles. The molecule has 4 rings (SSSR count). The molecule has 0 spiro atoms. The molecule has 0 aromatic heterocycles. The summed E-state index contributed by atoms with van der Waals surface area (Å²) >= 11 is 0. The fourth-order valence-corrected chi connectivity index (χ4v) is 3.40. The lowest BCUT2D eigenvalue weighted by Gasteiger charge is -2.17. The average Bonchev–Trinajstić information content (AvgIpc) is 2.67. The fraction of sp³-hybridized carbons (Fsp3) is 0.0870. The minimum atomic E-state index is -0.207. The molecular formula is C23H20N2O. The van der Waals surface area contributed by atoms with Crippen molar-refractivity contribution in [3.05, 3.63) is 90.5 Å². The Balaban J connectivity index is 1.56. The second kappa shape index (κ2) is 6.89. The number of urea groups is 1. The maximum atomic E-state index is 12.6. The third kappa shape index (κ3) is 3.11. The standard InChI is InChI=1S/C23H20N2O/c1-16(19-14-6-10-17-8-2-4-12-20(17)19)24-23(26)25-22-15-7-11-18-9-3-5-13-21(18)22/h2-16H,1H3,(H2,24,25,26). The third-order valence-electron chi connectivity index (χ3n) is 4.68. The molecule has 0 bridgehead atoms. The van der Waals surface area contributed by atoms with Crippen molar-refractivity contribution in [2.24, 2.45) is 0 Å². The van der Waals surface area contributed by atoms with Crippen molar-refractivity contribution >= 4 is 33.3 Å². The lowest BCUT2D eigenvalue weighted by molar-refractivity contribution is 0.249. The number of fused-ring (bicyclic) bond motifs is 2. The third-order valence-corrected chi connectivity index (χ3v) is 4.68. The lowest BCUT2D eigenvalue weighted by atomic mass is 10.00. The highest BCUT2D eigenvalue weighted by Gasteiger charge is 2.13. The van der Waals surface area contributed by atoms with Gasteiger partial charge in [-0.2, -0.15) is 0 Å². The van der Waals surface area contributed by atoms with E-state index in [0.29, 0.717) is 0 Å². The van der Waals surface area contributed by atoms with Crippen LogP contribution in [0, 0.1) is 0 Å². The maximum Gasteiger partial charge on any atom is 0.319 e. The molecule has 0 fully saturated rings. The van der Waals surface area contributed by atoms with Gasteiger partial charge in [-0.3, -0.25) is 0 Å². The van der Waals surface area contributed by atoms with Crippen molar-refractivity contribution < 1.29 is 4.79 Å². The Bertz CT molecular complexity index is 1080. The van der Waals surface area contributed by atoms with Gasteiger partial charge in [0.15, 0.2) is 0 Å². The van der Waals surface area contributed by atoms with Gasteiger partial charge in [0.25, 0.3) is 0 Å². The summed E-state index contributed by atoms with van der Waals surface area (Å²) < 4.78 is 0. The molecule has 2 N–H and O–H groups in total. The van der Waals surface area contributed by atoms with E-state index in [1.54, 1.807) is 0 Å². The topological polar surface area (TPSA) is 41.1 Å². The van der Waals surface area contributed by atoms with Crippen LogP contribution in [0.5, 0.6) is 0 Å². The molecule has 2 amide bonds. The van der Waals surface area contributed by atoms with E-state index in [0.717, 1.165) is 27.4 Å². The van der Waals surface area contributed by atoms with Crippen molar-refractivity contribution in [3.63, 3.8) is 0 Å². The molecule has 4 aromatic rings.